The topological polar surface area (TPSA) is 153 Å². The third-order valence-electron chi connectivity index (χ3n) is 5.74. The second-order valence-electron chi connectivity index (χ2n) is 8.15. The van der Waals surface area contributed by atoms with Gasteiger partial charge in [-0.1, -0.05) is 24.3 Å². The van der Waals surface area contributed by atoms with E-state index in [0.717, 1.165) is 10.5 Å². The molecule has 0 spiro atoms. The van der Waals surface area contributed by atoms with Gasteiger partial charge in [-0.15, -0.1) is 0 Å². The summed E-state index contributed by atoms with van der Waals surface area (Å²) in [4.78, 5) is 41.9. The molecule has 1 amide bonds. The second kappa shape index (κ2) is 9.68. The first-order valence-electron chi connectivity index (χ1n) is 10.9. The minimum atomic E-state index is -1.18. The Morgan fingerprint density at radius 3 is 2.49 bits per heavy atom. The first-order chi connectivity index (χ1) is 16.7. The van der Waals surface area contributed by atoms with Crippen molar-refractivity contribution in [2.45, 2.75) is 19.8 Å². The molecule has 0 atom stereocenters. The molecule has 0 aliphatic carbocycles. The number of nitrogens with two attached hydrogens (primary N) is 1. The number of aromatic amines is 1. The number of furan rings is 1. The highest BCUT2D eigenvalue weighted by atomic mass is 16.4. The van der Waals surface area contributed by atoms with Crippen molar-refractivity contribution in [3.8, 4) is 0 Å². The lowest BCUT2D eigenvalue weighted by molar-refractivity contribution is -0.135. The number of hydrogen-bond donors (Lipinski definition) is 4. The van der Waals surface area contributed by atoms with Crippen molar-refractivity contribution in [3.63, 3.8) is 0 Å². The fourth-order valence-electron chi connectivity index (χ4n) is 4.02. The number of nitrogen functional groups attached to an aromatic ring is 1. The molecule has 2 aromatic carbocycles. The maximum absolute atomic E-state index is 13.2. The molecule has 0 aliphatic heterocycles. The number of rotatable bonds is 9. The molecule has 9 nitrogen and oxygen atoms in total. The highest BCUT2D eigenvalue weighted by molar-refractivity contribution is 6.12. The summed E-state index contributed by atoms with van der Waals surface area (Å²) in [5.74, 6) is -1.85. The first-order valence-corrected chi connectivity index (χ1v) is 10.9. The van der Waals surface area contributed by atoms with Gasteiger partial charge in [0.15, 0.2) is 11.5 Å². The number of ketones is 1. The zero-order valence-corrected chi connectivity index (χ0v) is 19.0. The van der Waals surface area contributed by atoms with E-state index >= 15 is 0 Å². The molecule has 5 N–H and O–H groups in total. The molecule has 0 unspecified atom stereocenters. The number of aryl methyl sites for hydroxylation is 2. The van der Waals surface area contributed by atoms with Crippen LogP contribution in [0.4, 0.5) is 5.69 Å². The van der Waals surface area contributed by atoms with Crippen molar-refractivity contribution in [1.29, 1.82) is 5.41 Å². The van der Waals surface area contributed by atoms with Crippen molar-refractivity contribution >= 4 is 40.1 Å². The molecule has 2 heterocycles. The van der Waals surface area contributed by atoms with E-state index in [1.807, 2.05) is 12.1 Å². The number of aliphatic carboxylic acids is 1. The number of fused-ring (bicyclic) bond motifs is 1. The zero-order valence-electron chi connectivity index (χ0n) is 19.0. The van der Waals surface area contributed by atoms with Crippen molar-refractivity contribution in [1.82, 2.24) is 4.98 Å². The van der Waals surface area contributed by atoms with Gasteiger partial charge in [0.1, 0.15) is 12.4 Å². The Hall–Kier alpha value is -4.66. The van der Waals surface area contributed by atoms with Crippen LogP contribution in [0.3, 0.4) is 0 Å². The number of carbonyl (C=O) groups excluding carboxylic acids is 2. The standard InChI is InChI=1S/C26H24N4O5/c1-15-24(21(31)11-6-16-4-7-17(8-5-16)25(27)28)19-13-18(9-10-20(19)29-15)30(14-23(32)33)26(34)22-3-2-12-35-22/h2-5,7-10,12-13,29H,6,11,14H2,1H3,(H3,27,28)(H,32,33). The predicted octanol–water partition coefficient (Wildman–Crippen LogP) is 3.90. The highest BCUT2D eigenvalue weighted by Crippen LogP contribution is 2.29. The number of amides is 1. The minimum Gasteiger partial charge on any atom is -0.480 e. The van der Waals surface area contributed by atoms with Crippen LogP contribution in [-0.4, -0.2) is 40.1 Å². The number of Topliss-reactive ketones (excluding diaryl/α,β-unsaturated/α-hetero) is 1. The van der Waals surface area contributed by atoms with E-state index in [9.17, 15) is 19.5 Å². The lowest BCUT2D eigenvalue weighted by Gasteiger charge is -2.20. The zero-order chi connectivity index (χ0) is 25.1. The molecule has 0 radical (unpaired) electrons. The second-order valence-corrected chi connectivity index (χ2v) is 8.15. The number of benzene rings is 2. The molecule has 178 valence electrons. The van der Waals surface area contributed by atoms with E-state index in [0.29, 0.717) is 39.8 Å². The number of carboxylic acid groups (broad SMARTS) is 1. The Balaban J connectivity index is 1.63. The summed E-state index contributed by atoms with van der Waals surface area (Å²) >= 11 is 0. The number of carboxylic acids is 1. The van der Waals surface area contributed by atoms with Crippen LogP contribution in [0.5, 0.6) is 0 Å². The van der Waals surface area contributed by atoms with E-state index in [-0.39, 0.29) is 23.8 Å². The van der Waals surface area contributed by atoms with Gasteiger partial charge in [0.05, 0.1) is 6.26 Å². The fourth-order valence-corrected chi connectivity index (χ4v) is 4.02. The average Bonchev–Trinajstić information content (AvgIpc) is 3.48. The summed E-state index contributed by atoms with van der Waals surface area (Å²) in [6.07, 6.45) is 2.10. The third-order valence-corrected chi connectivity index (χ3v) is 5.74. The van der Waals surface area contributed by atoms with E-state index in [1.165, 1.54) is 12.3 Å². The summed E-state index contributed by atoms with van der Waals surface area (Å²) in [5.41, 5.74) is 9.30. The van der Waals surface area contributed by atoms with Gasteiger partial charge in [-0.2, -0.15) is 0 Å². The molecule has 0 fully saturated rings. The van der Waals surface area contributed by atoms with Crippen LogP contribution in [0.15, 0.2) is 65.3 Å². The summed E-state index contributed by atoms with van der Waals surface area (Å²) in [6.45, 7) is 1.24. The molecule has 35 heavy (non-hydrogen) atoms. The maximum atomic E-state index is 13.2. The molecule has 0 saturated heterocycles. The van der Waals surface area contributed by atoms with Gasteiger partial charge in [0.25, 0.3) is 5.91 Å². The fraction of sp³-hybridized carbons (Fsp3) is 0.154. The van der Waals surface area contributed by atoms with E-state index < -0.39 is 18.4 Å². The van der Waals surface area contributed by atoms with Crippen LogP contribution in [-0.2, 0) is 11.2 Å². The number of aromatic nitrogens is 1. The number of nitrogens with one attached hydrogen (secondary N) is 2. The van der Waals surface area contributed by atoms with Gasteiger partial charge < -0.3 is 20.2 Å². The molecule has 4 rings (SSSR count). The number of H-pyrrole nitrogens is 1. The van der Waals surface area contributed by atoms with Crippen LogP contribution in [0.1, 0.15) is 44.2 Å². The quantitative estimate of drug-likeness (QED) is 0.165. The third kappa shape index (κ3) is 4.98. The molecule has 2 aromatic heterocycles. The Morgan fingerprint density at radius 2 is 1.86 bits per heavy atom. The smallest absolute Gasteiger partial charge is 0.323 e. The Labute approximate surface area is 200 Å². The van der Waals surface area contributed by atoms with Crippen molar-refractivity contribution in [3.05, 3.63) is 89.0 Å². The first kappa shape index (κ1) is 23.5. The van der Waals surface area contributed by atoms with Crippen molar-refractivity contribution in [2.24, 2.45) is 5.73 Å². The van der Waals surface area contributed by atoms with Gasteiger partial charge in [-0.3, -0.25) is 24.7 Å². The number of hydrogen-bond acceptors (Lipinski definition) is 5. The van der Waals surface area contributed by atoms with Crippen LogP contribution < -0.4 is 10.6 Å². The number of nitrogens with zero attached hydrogens (tertiary/aromatic N) is 1. The molecular formula is C26H24N4O5. The minimum absolute atomic E-state index is 0.0136. The molecule has 0 bridgehead atoms. The molecule has 0 aliphatic rings. The maximum Gasteiger partial charge on any atom is 0.323 e. The molecule has 4 aromatic rings. The lowest BCUT2D eigenvalue weighted by Crippen LogP contribution is -2.35. The number of carbonyl (C=O) groups is 3. The van der Waals surface area contributed by atoms with Crippen LogP contribution >= 0.6 is 0 Å². The highest BCUT2D eigenvalue weighted by Gasteiger charge is 2.24. The molecular weight excluding hydrogens is 448 g/mol. The molecule has 0 saturated carbocycles. The Bertz CT molecular complexity index is 1420. The van der Waals surface area contributed by atoms with E-state index in [4.69, 9.17) is 15.6 Å². The van der Waals surface area contributed by atoms with Crippen LogP contribution in [0, 0.1) is 12.3 Å². The van der Waals surface area contributed by atoms with Gasteiger partial charge in [-0.05, 0) is 49.2 Å². The number of amidine groups is 1. The largest absolute Gasteiger partial charge is 0.480 e. The van der Waals surface area contributed by atoms with Crippen LogP contribution in [0.25, 0.3) is 10.9 Å². The van der Waals surface area contributed by atoms with Crippen molar-refractivity contribution in [2.75, 3.05) is 11.4 Å². The van der Waals surface area contributed by atoms with Gasteiger partial charge in [-0.25, -0.2) is 0 Å². The molecule has 9 heteroatoms. The summed E-state index contributed by atoms with van der Waals surface area (Å²) < 4.78 is 5.16. The van der Waals surface area contributed by atoms with Gasteiger partial charge in [0.2, 0.25) is 0 Å². The number of anilines is 1. The van der Waals surface area contributed by atoms with E-state index in [1.54, 1.807) is 43.3 Å². The normalized spacial score (nSPS) is 10.9. The van der Waals surface area contributed by atoms with E-state index in [2.05, 4.69) is 4.98 Å². The van der Waals surface area contributed by atoms with Gasteiger partial charge >= 0.3 is 5.97 Å². The van der Waals surface area contributed by atoms with Gasteiger partial charge in [0, 0.05) is 39.8 Å². The Kier molecular flexibility index (Phi) is 6.50. The van der Waals surface area contributed by atoms with Crippen LogP contribution in [0.2, 0.25) is 0 Å². The summed E-state index contributed by atoms with van der Waals surface area (Å²) in [6, 6.07) is 15.2. The summed E-state index contributed by atoms with van der Waals surface area (Å²) in [7, 11) is 0. The average molecular weight is 473 g/mol. The Morgan fingerprint density at radius 1 is 1.11 bits per heavy atom. The monoisotopic (exact) mass is 472 g/mol. The predicted molar refractivity (Wildman–Crippen MR) is 131 cm³/mol. The van der Waals surface area contributed by atoms with Crippen molar-refractivity contribution < 1.29 is 23.9 Å². The lowest BCUT2D eigenvalue weighted by atomic mass is 9.99. The summed E-state index contributed by atoms with van der Waals surface area (Å²) in [5, 5.41) is 17.5. The SMILES string of the molecule is Cc1[nH]c2ccc(N(CC(=O)O)C(=O)c3ccco3)cc2c1C(=O)CCc1ccc(C(=N)N)cc1.